The molecule has 0 radical (unpaired) electrons. The summed E-state index contributed by atoms with van der Waals surface area (Å²) in [4.78, 5) is 12.9. The molecule has 0 unspecified atom stereocenters. The van der Waals surface area contributed by atoms with E-state index in [0.717, 1.165) is 35.0 Å². The van der Waals surface area contributed by atoms with E-state index in [4.69, 9.17) is 4.74 Å². The van der Waals surface area contributed by atoms with Gasteiger partial charge in [-0.05, 0) is 54.4 Å². The van der Waals surface area contributed by atoms with E-state index < -0.39 is 5.41 Å². The van der Waals surface area contributed by atoms with Gasteiger partial charge in [0, 0.05) is 10.8 Å². The molecule has 0 aliphatic heterocycles. The monoisotopic (exact) mass is 473 g/mol. The van der Waals surface area contributed by atoms with Crippen LogP contribution in [0.25, 0.3) is 16.6 Å². The number of ether oxygens (including phenoxy) is 1. The van der Waals surface area contributed by atoms with Crippen LogP contribution >= 0.6 is 0 Å². The Morgan fingerprint density at radius 3 is 2.43 bits per heavy atom. The second-order valence-electron chi connectivity index (χ2n) is 9.82. The van der Waals surface area contributed by atoms with E-state index in [9.17, 15) is 9.18 Å². The Balaban J connectivity index is 1.66. The lowest BCUT2D eigenvalue weighted by atomic mass is 9.92. The maximum Gasteiger partial charge on any atom is 0.225 e. The number of aromatic nitrogens is 2. The van der Waals surface area contributed by atoms with Crippen molar-refractivity contribution in [3.63, 3.8) is 0 Å². The van der Waals surface area contributed by atoms with Crippen molar-refractivity contribution >= 4 is 16.8 Å². The van der Waals surface area contributed by atoms with Crippen molar-refractivity contribution in [2.24, 2.45) is 5.41 Å². The fourth-order valence-corrected chi connectivity index (χ4v) is 4.04. The molecule has 0 aliphatic carbocycles. The number of nitrogens with one attached hydrogen (secondary N) is 1. The number of hydrogen-bond acceptors (Lipinski definition) is 3. The minimum atomic E-state index is -0.499. The quantitative estimate of drug-likeness (QED) is 0.313. The van der Waals surface area contributed by atoms with Gasteiger partial charge in [-0.3, -0.25) is 4.79 Å². The molecule has 4 aromatic rings. The summed E-state index contributed by atoms with van der Waals surface area (Å²) >= 11 is 0. The number of nitrogens with zero attached hydrogens (tertiary/aromatic N) is 2. The first-order valence-electron chi connectivity index (χ1n) is 12.0. The number of halogens is 1. The third-order valence-corrected chi connectivity index (χ3v) is 5.96. The Labute approximate surface area is 205 Å². The first-order valence-corrected chi connectivity index (χ1v) is 12.0. The van der Waals surface area contributed by atoms with E-state index in [1.54, 1.807) is 23.0 Å². The Hall–Kier alpha value is -3.67. The fourth-order valence-electron chi connectivity index (χ4n) is 4.04. The second-order valence-corrected chi connectivity index (χ2v) is 9.82. The van der Waals surface area contributed by atoms with Gasteiger partial charge in [0.1, 0.15) is 17.7 Å². The van der Waals surface area contributed by atoms with Gasteiger partial charge in [-0.2, -0.15) is 5.10 Å². The molecule has 2 atom stereocenters. The van der Waals surface area contributed by atoms with E-state index in [0.29, 0.717) is 5.75 Å². The summed E-state index contributed by atoms with van der Waals surface area (Å²) in [6.45, 7) is 7.84. The van der Waals surface area contributed by atoms with Crippen LogP contribution in [0.15, 0.2) is 79.0 Å². The smallest absolute Gasteiger partial charge is 0.225 e. The van der Waals surface area contributed by atoms with Gasteiger partial charge in [-0.1, -0.05) is 64.4 Å². The molecule has 1 aromatic heterocycles. The molecule has 0 saturated carbocycles. The maximum atomic E-state index is 13.3. The number of hydrogen-bond donors (Lipinski definition) is 1. The molecule has 1 heterocycles. The van der Waals surface area contributed by atoms with E-state index in [2.05, 4.69) is 17.3 Å². The van der Waals surface area contributed by atoms with Crippen LogP contribution in [0, 0.1) is 11.2 Å². The third kappa shape index (κ3) is 5.70. The average molecular weight is 474 g/mol. The summed E-state index contributed by atoms with van der Waals surface area (Å²) in [6.07, 6.45) is 3.11. The average Bonchev–Trinajstić information content (AvgIpc) is 3.26. The Kier molecular flexibility index (Phi) is 7.20. The first-order chi connectivity index (χ1) is 16.8. The molecule has 1 amide bonds. The zero-order chi connectivity index (χ0) is 25.0. The predicted molar refractivity (Wildman–Crippen MR) is 137 cm³/mol. The summed E-state index contributed by atoms with van der Waals surface area (Å²) < 4.78 is 21.7. The molecule has 0 spiro atoms. The van der Waals surface area contributed by atoms with E-state index in [1.807, 2.05) is 69.3 Å². The molecule has 0 fully saturated rings. The molecule has 0 saturated heterocycles. The van der Waals surface area contributed by atoms with Crippen LogP contribution in [0.1, 0.15) is 52.2 Å². The van der Waals surface area contributed by atoms with Crippen molar-refractivity contribution in [3.05, 3.63) is 90.4 Å². The van der Waals surface area contributed by atoms with Gasteiger partial charge in [0.2, 0.25) is 5.91 Å². The summed E-state index contributed by atoms with van der Waals surface area (Å²) in [7, 11) is 0. The number of carbonyl (C=O) groups excluding carboxylic acids is 1. The summed E-state index contributed by atoms with van der Waals surface area (Å²) in [5, 5.41) is 8.63. The molecule has 0 aliphatic rings. The standard InChI is InChI=1S/C29H32FN3O2/c1-5-9-25(32-28(34)29(2,3)4)27(20-10-7-6-8-11-20)35-24-16-17-26-21(18-24)19-31-33(26)23-14-12-22(30)13-15-23/h6-8,10-19,25,27H,5,9H2,1-4H3,(H,32,34)/t25-,27+/m0/s1. The van der Waals surface area contributed by atoms with Crippen LogP contribution in [-0.2, 0) is 4.79 Å². The van der Waals surface area contributed by atoms with Crippen LogP contribution in [0.2, 0.25) is 0 Å². The van der Waals surface area contributed by atoms with Crippen LogP contribution in [0.3, 0.4) is 0 Å². The van der Waals surface area contributed by atoms with Crippen molar-refractivity contribution < 1.29 is 13.9 Å². The van der Waals surface area contributed by atoms with Gasteiger partial charge in [-0.25, -0.2) is 9.07 Å². The van der Waals surface area contributed by atoms with Gasteiger partial charge >= 0.3 is 0 Å². The highest BCUT2D eigenvalue weighted by Gasteiger charge is 2.30. The zero-order valence-corrected chi connectivity index (χ0v) is 20.7. The molecule has 182 valence electrons. The number of amides is 1. The van der Waals surface area contributed by atoms with Crippen LogP contribution in [0.5, 0.6) is 5.75 Å². The lowest BCUT2D eigenvalue weighted by molar-refractivity contribution is -0.130. The molecular formula is C29H32FN3O2. The van der Waals surface area contributed by atoms with Crippen molar-refractivity contribution in [2.45, 2.75) is 52.7 Å². The Bertz CT molecular complexity index is 1280. The van der Waals surface area contributed by atoms with E-state index in [1.165, 1.54) is 12.1 Å². The minimum absolute atomic E-state index is 0.00323. The van der Waals surface area contributed by atoms with Gasteiger partial charge in [-0.15, -0.1) is 0 Å². The summed E-state index contributed by atoms with van der Waals surface area (Å²) in [5.74, 6) is 0.403. The van der Waals surface area contributed by atoms with Crippen LogP contribution in [0.4, 0.5) is 4.39 Å². The first kappa shape index (κ1) is 24.5. The minimum Gasteiger partial charge on any atom is -0.484 e. The van der Waals surface area contributed by atoms with Gasteiger partial charge in [0.25, 0.3) is 0 Å². The largest absolute Gasteiger partial charge is 0.484 e. The zero-order valence-electron chi connectivity index (χ0n) is 20.7. The van der Waals surface area contributed by atoms with Crippen molar-refractivity contribution in [2.75, 3.05) is 0 Å². The maximum absolute atomic E-state index is 13.3. The van der Waals surface area contributed by atoms with Gasteiger partial charge in [0.15, 0.2) is 0 Å². The number of fused-ring (bicyclic) bond motifs is 1. The van der Waals surface area contributed by atoms with Crippen LogP contribution in [-0.4, -0.2) is 21.7 Å². The molecule has 5 nitrogen and oxygen atoms in total. The topological polar surface area (TPSA) is 56.1 Å². The third-order valence-electron chi connectivity index (χ3n) is 5.96. The molecule has 35 heavy (non-hydrogen) atoms. The van der Waals surface area contributed by atoms with Gasteiger partial charge in [0.05, 0.1) is 23.4 Å². The SMILES string of the molecule is CCC[C@H](NC(=O)C(C)(C)C)[C@H](Oc1ccc2c(cnn2-c2ccc(F)cc2)c1)c1ccccc1. The highest BCUT2D eigenvalue weighted by Crippen LogP contribution is 2.31. The van der Waals surface area contributed by atoms with Gasteiger partial charge < -0.3 is 10.1 Å². The molecule has 4 rings (SSSR count). The molecular weight excluding hydrogens is 441 g/mol. The number of rotatable bonds is 8. The number of benzene rings is 3. The molecule has 6 heteroatoms. The Morgan fingerprint density at radius 2 is 1.77 bits per heavy atom. The van der Waals surface area contributed by atoms with Crippen molar-refractivity contribution in [3.8, 4) is 11.4 Å². The molecule has 3 aromatic carbocycles. The lowest BCUT2D eigenvalue weighted by Crippen LogP contribution is -2.45. The predicted octanol–water partition coefficient (Wildman–Crippen LogP) is 6.62. The summed E-state index contributed by atoms with van der Waals surface area (Å²) in [5.41, 5.74) is 2.18. The molecule has 0 bridgehead atoms. The number of carbonyl (C=O) groups is 1. The van der Waals surface area contributed by atoms with Crippen molar-refractivity contribution in [1.29, 1.82) is 0 Å². The van der Waals surface area contributed by atoms with E-state index >= 15 is 0 Å². The van der Waals surface area contributed by atoms with E-state index in [-0.39, 0.29) is 23.9 Å². The second kappa shape index (κ2) is 10.3. The Morgan fingerprint density at radius 1 is 1.06 bits per heavy atom. The fraction of sp³-hybridized carbons (Fsp3) is 0.310. The highest BCUT2D eigenvalue weighted by atomic mass is 19.1. The highest BCUT2D eigenvalue weighted by molar-refractivity contribution is 5.82. The normalized spacial score (nSPS) is 13.4. The van der Waals surface area contributed by atoms with Crippen molar-refractivity contribution in [1.82, 2.24) is 15.1 Å². The van der Waals surface area contributed by atoms with Crippen LogP contribution < -0.4 is 10.1 Å². The lowest BCUT2D eigenvalue weighted by Gasteiger charge is -2.31. The summed E-state index contributed by atoms with van der Waals surface area (Å²) in [6, 6.07) is 21.9. The molecule has 1 N–H and O–H groups in total.